The molecule has 0 spiro atoms. The maximum absolute atomic E-state index is 10.0. The van der Waals surface area contributed by atoms with Crippen molar-refractivity contribution in [3.63, 3.8) is 0 Å². The molecule has 6 heteroatoms. The predicted molar refractivity (Wildman–Crippen MR) is 72.7 cm³/mol. The third kappa shape index (κ3) is 2.77. The first-order valence-corrected chi connectivity index (χ1v) is 7.15. The Morgan fingerprint density at radius 1 is 1.10 bits per heavy atom. The highest BCUT2D eigenvalue weighted by atomic mass is 16.7. The van der Waals surface area contributed by atoms with Crippen LogP contribution in [0.4, 0.5) is 0 Å². The molecule has 1 aromatic carbocycles. The molecule has 0 aliphatic carbocycles. The van der Waals surface area contributed by atoms with Crippen LogP contribution in [0.15, 0.2) is 24.3 Å². The van der Waals surface area contributed by atoms with E-state index in [4.69, 9.17) is 14.2 Å². The molecule has 6 nitrogen and oxygen atoms in total. The Morgan fingerprint density at radius 3 is 2.67 bits per heavy atom. The van der Waals surface area contributed by atoms with Gasteiger partial charge in [0.2, 0.25) is 0 Å². The first-order valence-electron chi connectivity index (χ1n) is 7.15. The molecule has 3 N–H and O–H groups in total. The molecule has 3 rings (SSSR count). The molecule has 2 aliphatic heterocycles. The van der Waals surface area contributed by atoms with Gasteiger partial charge in [0.25, 0.3) is 0 Å². The lowest BCUT2D eigenvalue weighted by Gasteiger charge is -2.41. The van der Waals surface area contributed by atoms with E-state index in [1.807, 2.05) is 24.3 Å². The molecule has 0 aromatic heterocycles. The second-order valence-corrected chi connectivity index (χ2v) is 5.48. The van der Waals surface area contributed by atoms with E-state index in [0.717, 1.165) is 11.3 Å². The molecule has 0 unspecified atom stereocenters. The smallest absolute Gasteiger partial charge is 0.187 e. The van der Waals surface area contributed by atoms with E-state index in [2.05, 4.69) is 0 Å². The summed E-state index contributed by atoms with van der Waals surface area (Å²) in [4.78, 5) is 0. The summed E-state index contributed by atoms with van der Waals surface area (Å²) in [6.45, 7) is 2.15. The minimum Gasteiger partial charge on any atom is -0.493 e. The molecule has 0 bridgehead atoms. The van der Waals surface area contributed by atoms with E-state index in [0.29, 0.717) is 13.0 Å². The lowest BCUT2D eigenvalue weighted by molar-refractivity contribution is -0.306. The summed E-state index contributed by atoms with van der Waals surface area (Å²) in [5, 5.41) is 29.5. The lowest BCUT2D eigenvalue weighted by atomic mass is 9.99. The van der Waals surface area contributed by atoms with Gasteiger partial charge in [0.15, 0.2) is 6.29 Å². The largest absolute Gasteiger partial charge is 0.493 e. The number of aliphatic hydroxyl groups is 3. The highest BCUT2D eigenvalue weighted by Gasteiger charge is 2.43. The van der Waals surface area contributed by atoms with E-state index >= 15 is 0 Å². The van der Waals surface area contributed by atoms with Crippen LogP contribution in [0.1, 0.15) is 25.0 Å². The van der Waals surface area contributed by atoms with Crippen LogP contribution in [0.25, 0.3) is 0 Å². The summed E-state index contributed by atoms with van der Waals surface area (Å²) in [7, 11) is 0. The predicted octanol–water partition coefficient (Wildman–Crippen LogP) is 0.354. The Kier molecular flexibility index (Phi) is 4.14. The summed E-state index contributed by atoms with van der Waals surface area (Å²) in [5.74, 6) is 0.757. The molecule has 1 aromatic rings. The van der Waals surface area contributed by atoms with Crippen molar-refractivity contribution in [2.75, 3.05) is 6.61 Å². The van der Waals surface area contributed by atoms with E-state index in [-0.39, 0.29) is 6.10 Å². The van der Waals surface area contributed by atoms with Crippen LogP contribution in [-0.2, 0) is 9.47 Å². The SMILES string of the molecule is C[C@@H]1O[C@@H](O[C@H]2CCOc3ccccc32)[C@H](O)[C@H](O)[C@H]1O. The van der Waals surface area contributed by atoms with Gasteiger partial charge in [-0.3, -0.25) is 0 Å². The van der Waals surface area contributed by atoms with Gasteiger partial charge in [0, 0.05) is 12.0 Å². The number of fused-ring (bicyclic) bond motifs is 1. The Hall–Kier alpha value is -1.18. The van der Waals surface area contributed by atoms with Crippen LogP contribution in [0.2, 0.25) is 0 Å². The van der Waals surface area contributed by atoms with E-state index in [1.165, 1.54) is 0 Å². The van der Waals surface area contributed by atoms with Crippen molar-refractivity contribution in [3.05, 3.63) is 29.8 Å². The van der Waals surface area contributed by atoms with Gasteiger partial charge in [-0.1, -0.05) is 18.2 Å². The average Bonchev–Trinajstić information content (AvgIpc) is 2.51. The topological polar surface area (TPSA) is 88.4 Å². The third-order valence-electron chi connectivity index (χ3n) is 4.01. The van der Waals surface area contributed by atoms with Gasteiger partial charge < -0.3 is 29.5 Å². The molecule has 6 atom stereocenters. The van der Waals surface area contributed by atoms with Gasteiger partial charge in [0.05, 0.1) is 18.8 Å². The minimum atomic E-state index is -1.29. The van der Waals surface area contributed by atoms with Crippen LogP contribution in [0, 0.1) is 0 Å². The van der Waals surface area contributed by atoms with E-state index in [9.17, 15) is 15.3 Å². The van der Waals surface area contributed by atoms with Crippen LogP contribution in [0.5, 0.6) is 5.75 Å². The van der Waals surface area contributed by atoms with Crippen molar-refractivity contribution in [1.29, 1.82) is 0 Å². The summed E-state index contributed by atoms with van der Waals surface area (Å²) < 4.78 is 16.9. The van der Waals surface area contributed by atoms with Gasteiger partial charge in [-0.05, 0) is 13.0 Å². The second kappa shape index (κ2) is 5.90. The van der Waals surface area contributed by atoms with Crippen molar-refractivity contribution in [3.8, 4) is 5.75 Å². The fourth-order valence-electron chi connectivity index (χ4n) is 2.74. The maximum atomic E-state index is 10.0. The fourth-order valence-corrected chi connectivity index (χ4v) is 2.74. The Balaban J connectivity index is 1.75. The van der Waals surface area contributed by atoms with Gasteiger partial charge in [-0.15, -0.1) is 0 Å². The zero-order chi connectivity index (χ0) is 15.0. The first-order chi connectivity index (χ1) is 10.1. The van der Waals surface area contributed by atoms with Gasteiger partial charge in [-0.25, -0.2) is 0 Å². The molecular formula is C15H20O6. The number of rotatable bonds is 2. The third-order valence-corrected chi connectivity index (χ3v) is 4.01. The molecule has 2 heterocycles. The lowest BCUT2D eigenvalue weighted by Crippen LogP contribution is -2.57. The first kappa shape index (κ1) is 14.7. The Bertz CT molecular complexity index is 493. The maximum Gasteiger partial charge on any atom is 0.187 e. The molecule has 1 fully saturated rings. The second-order valence-electron chi connectivity index (χ2n) is 5.48. The van der Waals surface area contributed by atoms with Crippen molar-refractivity contribution in [2.45, 2.75) is 50.2 Å². The van der Waals surface area contributed by atoms with Gasteiger partial charge in [0.1, 0.15) is 24.1 Å². The van der Waals surface area contributed by atoms with Crippen LogP contribution < -0.4 is 4.74 Å². The van der Waals surface area contributed by atoms with Crippen molar-refractivity contribution >= 4 is 0 Å². The molecule has 2 aliphatic rings. The highest BCUT2D eigenvalue weighted by molar-refractivity contribution is 5.36. The number of aliphatic hydroxyl groups excluding tert-OH is 3. The van der Waals surface area contributed by atoms with Gasteiger partial charge in [-0.2, -0.15) is 0 Å². The van der Waals surface area contributed by atoms with Crippen LogP contribution in [-0.4, -0.2) is 52.6 Å². The Labute approximate surface area is 122 Å². The molecule has 1 saturated heterocycles. The summed E-state index contributed by atoms with van der Waals surface area (Å²) in [5.41, 5.74) is 0.896. The summed E-state index contributed by atoms with van der Waals surface area (Å²) in [6.07, 6.45) is -4.92. The molecule has 0 amide bonds. The number of benzene rings is 1. The van der Waals surface area contributed by atoms with Crippen LogP contribution >= 0.6 is 0 Å². The quantitative estimate of drug-likeness (QED) is 0.730. The molecular weight excluding hydrogens is 276 g/mol. The molecule has 21 heavy (non-hydrogen) atoms. The summed E-state index contributed by atoms with van der Waals surface area (Å²) >= 11 is 0. The van der Waals surface area contributed by atoms with E-state index in [1.54, 1.807) is 6.92 Å². The van der Waals surface area contributed by atoms with Crippen molar-refractivity contribution in [2.24, 2.45) is 0 Å². The Morgan fingerprint density at radius 2 is 1.86 bits per heavy atom. The number of hydrogen-bond acceptors (Lipinski definition) is 6. The zero-order valence-corrected chi connectivity index (χ0v) is 11.8. The number of para-hydroxylation sites is 1. The summed E-state index contributed by atoms with van der Waals surface area (Å²) in [6, 6.07) is 7.55. The molecule has 0 saturated carbocycles. The minimum absolute atomic E-state index is 0.274. The van der Waals surface area contributed by atoms with Crippen molar-refractivity contribution < 1.29 is 29.5 Å². The van der Waals surface area contributed by atoms with Crippen LogP contribution in [0.3, 0.4) is 0 Å². The van der Waals surface area contributed by atoms with Gasteiger partial charge >= 0.3 is 0 Å². The number of ether oxygens (including phenoxy) is 3. The highest BCUT2D eigenvalue weighted by Crippen LogP contribution is 2.36. The zero-order valence-electron chi connectivity index (χ0n) is 11.8. The normalized spacial score (nSPS) is 39.4. The fraction of sp³-hybridized carbons (Fsp3) is 0.600. The molecule has 0 radical (unpaired) electrons. The molecule has 116 valence electrons. The number of hydrogen-bond donors (Lipinski definition) is 3. The van der Waals surface area contributed by atoms with E-state index < -0.39 is 30.7 Å². The average molecular weight is 296 g/mol. The van der Waals surface area contributed by atoms with Crippen molar-refractivity contribution in [1.82, 2.24) is 0 Å². The standard InChI is InChI=1S/C15H20O6/c1-8-12(16)13(17)14(18)15(20-8)21-11-6-7-19-10-5-3-2-4-9(10)11/h2-5,8,11-18H,6-7H2,1H3/t8-,11-,12-,13+,14+,15-/m0/s1. The monoisotopic (exact) mass is 296 g/mol.